The molecule has 3 nitrogen and oxygen atoms in total. The average molecular weight is 242 g/mol. The second kappa shape index (κ2) is 4.25. The number of ketones is 1. The fraction of sp³-hybridized carbons (Fsp3) is 0.400. The topological polar surface area (TPSA) is 44.9 Å². The molecule has 0 saturated carbocycles. The lowest BCUT2D eigenvalue weighted by molar-refractivity contribution is 0.0954. The van der Waals surface area contributed by atoms with Crippen LogP contribution in [0, 0.1) is 13.8 Å². The number of H-pyrrole nitrogens is 1. The Morgan fingerprint density at radius 3 is 2.89 bits per heavy atom. The largest absolute Gasteiger partial charge is 0.360 e. The summed E-state index contributed by atoms with van der Waals surface area (Å²) in [5, 5.41) is 4.32. The van der Waals surface area contributed by atoms with Crippen molar-refractivity contribution in [2.24, 2.45) is 0 Å². The molecule has 1 aromatic heterocycles. The molecule has 1 fully saturated rings. The van der Waals surface area contributed by atoms with Crippen LogP contribution in [0.5, 0.6) is 0 Å². The first-order valence-electron chi connectivity index (χ1n) is 6.53. The summed E-state index contributed by atoms with van der Waals surface area (Å²) in [5.74, 6) is 0.224. The van der Waals surface area contributed by atoms with Crippen LogP contribution in [0.25, 0.3) is 10.9 Å². The van der Waals surface area contributed by atoms with Gasteiger partial charge in [0.25, 0.3) is 0 Å². The highest BCUT2D eigenvalue weighted by Crippen LogP contribution is 2.25. The van der Waals surface area contributed by atoms with Crippen LogP contribution in [-0.2, 0) is 0 Å². The van der Waals surface area contributed by atoms with E-state index in [9.17, 15) is 4.79 Å². The summed E-state index contributed by atoms with van der Waals surface area (Å²) < 4.78 is 0. The molecule has 1 aromatic carbocycles. The molecular weight excluding hydrogens is 224 g/mol. The number of hydrogen-bond acceptors (Lipinski definition) is 2. The zero-order chi connectivity index (χ0) is 12.7. The lowest BCUT2D eigenvalue weighted by Gasteiger charge is -2.08. The van der Waals surface area contributed by atoms with Crippen LogP contribution in [0.1, 0.15) is 34.3 Å². The summed E-state index contributed by atoms with van der Waals surface area (Å²) >= 11 is 0. The summed E-state index contributed by atoms with van der Waals surface area (Å²) in [7, 11) is 0. The third-order valence-corrected chi connectivity index (χ3v) is 4.03. The minimum Gasteiger partial charge on any atom is -0.360 e. The quantitative estimate of drug-likeness (QED) is 0.795. The molecule has 1 unspecified atom stereocenters. The van der Waals surface area contributed by atoms with Crippen molar-refractivity contribution in [3.63, 3.8) is 0 Å². The molecule has 0 spiro atoms. The van der Waals surface area contributed by atoms with Crippen molar-refractivity contribution in [2.45, 2.75) is 32.7 Å². The molecule has 2 aromatic rings. The first kappa shape index (κ1) is 11.5. The number of carbonyl (C=O) groups is 1. The molecular formula is C15H18N2O. The fourth-order valence-electron chi connectivity index (χ4n) is 2.75. The van der Waals surface area contributed by atoms with E-state index in [4.69, 9.17) is 0 Å². The summed E-state index contributed by atoms with van der Waals surface area (Å²) in [6, 6.07) is 4.14. The molecule has 1 atom stereocenters. The highest BCUT2D eigenvalue weighted by Gasteiger charge is 2.25. The van der Waals surface area contributed by atoms with E-state index in [0.717, 1.165) is 35.9 Å². The van der Waals surface area contributed by atoms with Crippen molar-refractivity contribution in [3.05, 3.63) is 35.0 Å². The average Bonchev–Trinajstić information content (AvgIpc) is 3.01. The van der Waals surface area contributed by atoms with Crippen LogP contribution in [0.2, 0.25) is 0 Å². The van der Waals surface area contributed by atoms with Gasteiger partial charge in [-0.3, -0.25) is 4.79 Å². The molecule has 0 radical (unpaired) electrons. The van der Waals surface area contributed by atoms with Gasteiger partial charge < -0.3 is 10.3 Å². The maximum Gasteiger partial charge on any atom is 0.181 e. The van der Waals surface area contributed by atoms with Crippen molar-refractivity contribution in [3.8, 4) is 0 Å². The Kier molecular flexibility index (Phi) is 2.71. The predicted octanol–water partition coefficient (Wildman–Crippen LogP) is 2.72. The lowest BCUT2D eigenvalue weighted by Crippen LogP contribution is -2.30. The van der Waals surface area contributed by atoms with E-state index in [0.29, 0.717) is 0 Å². The summed E-state index contributed by atoms with van der Waals surface area (Å²) in [5.41, 5.74) is 4.40. The second-order valence-corrected chi connectivity index (χ2v) is 5.15. The van der Waals surface area contributed by atoms with Gasteiger partial charge in [0.1, 0.15) is 0 Å². The Morgan fingerprint density at radius 1 is 1.33 bits per heavy atom. The molecule has 18 heavy (non-hydrogen) atoms. The number of aryl methyl sites for hydroxylation is 2. The normalized spacial score (nSPS) is 19.6. The number of carbonyl (C=O) groups excluding carboxylic acids is 1. The molecule has 94 valence electrons. The monoisotopic (exact) mass is 242 g/mol. The number of fused-ring (bicyclic) bond motifs is 1. The Bertz CT molecular complexity index is 606. The van der Waals surface area contributed by atoms with Crippen molar-refractivity contribution >= 4 is 16.7 Å². The van der Waals surface area contributed by atoms with Gasteiger partial charge in [0.15, 0.2) is 5.78 Å². The number of benzene rings is 1. The summed E-state index contributed by atoms with van der Waals surface area (Å²) in [6.45, 7) is 5.14. The lowest BCUT2D eigenvalue weighted by atomic mass is 9.99. The molecule has 2 N–H and O–H groups in total. The molecule has 0 amide bonds. The zero-order valence-electron chi connectivity index (χ0n) is 10.8. The number of aromatic amines is 1. The van der Waals surface area contributed by atoms with E-state index in [1.165, 1.54) is 11.1 Å². The minimum absolute atomic E-state index is 0.00519. The van der Waals surface area contributed by atoms with E-state index < -0.39 is 0 Å². The molecule has 2 heterocycles. The molecule has 1 aliphatic rings. The van der Waals surface area contributed by atoms with Crippen LogP contribution < -0.4 is 5.32 Å². The SMILES string of the molecule is Cc1ccc2c(C(=O)C3CCCN3)c[nH]c2c1C. The number of nitrogens with one attached hydrogen (secondary N) is 2. The number of aromatic nitrogens is 1. The molecule has 1 aliphatic heterocycles. The van der Waals surface area contributed by atoms with E-state index >= 15 is 0 Å². The standard InChI is InChI=1S/C15H18N2O/c1-9-5-6-11-12(8-17-14(11)10(9)2)15(18)13-4-3-7-16-13/h5-6,8,13,16-17H,3-4,7H2,1-2H3. The molecule has 0 bridgehead atoms. The Morgan fingerprint density at radius 2 is 2.17 bits per heavy atom. The summed E-state index contributed by atoms with van der Waals surface area (Å²) in [4.78, 5) is 15.7. The van der Waals surface area contributed by atoms with Crippen LogP contribution in [-0.4, -0.2) is 23.4 Å². The number of hydrogen-bond donors (Lipinski definition) is 2. The van der Waals surface area contributed by atoms with E-state index in [1.54, 1.807) is 0 Å². The van der Waals surface area contributed by atoms with Gasteiger partial charge in [0.2, 0.25) is 0 Å². The third kappa shape index (κ3) is 1.66. The van der Waals surface area contributed by atoms with Gasteiger partial charge in [0.05, 0.1) is 6.04 Å². The fourth-order valence-corrected chi connectivity index (χ4v) is 2.75. The maximum absolute atomic E-state index is 12.4. The van der Waals surface area contributed by atoms with E-state index in [-0.39, 0.29) is 11.8 Å². The van der Waals surface area contributed by atoms with Gasteiger partial charge in [-0.25, -0.2) is 0 Å². The van der Waals surface area contributed by atoms with Crippen molar-refractivity contribution in [1.29, 1.82) is 0 Å². The van der Waals surface area contributed by atoms with E-state index in [2.05, 4.69) is 36.3 Å². The molecule has 0 aliphatic carbocycles. The van der Waals surface area contributed by atoms with Crippen LogP contribution in [0.3, 0.4) is 0 Å². The first-order valence-corrected chi connectivity index (χ1v) is 6.53. The second-order valence-electron chi connectivity index (χ2n) is 5.15. The molecule has 3 heteroatoms. The van der Waals surface area contributed by atoms with Crippen molar-refractivity contribution in [2.75, 3.05) is 6.54 Å². The van der Waals surface area contributed by atoms with Gasteiger partial charge in [-0.05, 0) is 44.4 Å². The summed E-state index contributed by atoms with van der Waals surface area (Å²) in [6.07, 6.45) is 3.91. The molecule has 1 saturated heterocycles. The minimum atomic E-state index is 0.00519. The van der Waals surface area contributed by atoms with Crippen LogP contribution in [0.4, 0.5) is 0 Å². The number of rotatable bonds is 2. The van der Waals surface area contributed by atoms with Gasteiger partial charge in [-0.1, -0.05) is 12.1 Å². The van der Waals surface area contributed by atoms with Crippen LogP contribution >= 0.6 is 0 Å². The van der Waals surface area contributed by atoms with Gasteiger partial charge >= 0.3 is 0 Å². The predicted molar refractivity (Wildman–Crippen MR) is 73.1 cm³/mol. The molecule has 3 rings (SSSR count). The Labute approximate surface area is 107 Å². The smallest absolute Gasteiger partial charge is 0.181 e. The van der Waals surface area contributed by atoms with Crippen LogP contribution in [0.15, 0.2) is 18.3 Å². The Balaban J connectivity index is 2.07. The first-order chi connectivity index (χ1) is 8.68. The van der Waals surface area contributed by atoms with Crippen molar-refractivity contribution < 1.29 is 4.79 Å². The Hall–Kier alpha value is -1.61. The highest BCUT2D eigenvalue weighted by atomic mass is 16.1. The van der Waals surface area contributed by atoms with E-state index in [1.807, 2.05) is 6.20 Å². The highest BCUT2D eigenvalue weighted by molar-refractivity contribution is 6.11. The number of Topliss-reactive ketones (excluding diaryl/α,β-unsaturated/α-hetero) is 1. The van der Waals surface area contributed by atoms with Gasteiger partial charge in [-0.15, -0.1) is 0 Å². The maximum atomic E-state index is 12.4. The van der Waals surface area contributed by atoms with Gasteiger partial charge in [-0.2, -0.15) is 0 Å². The third-order valence-electron chi connectivity index (χ3n) is 4.03. The zero-order valence-corrected chi connectivity index (χ0v) is 10.8. The van der Waals surface area contributed by atoms with Gasteiger partial charge in [0, 0.05) is 22.7 Å². The van der Waals surface area contributed by atoms with Crippen molar-refractivity contribution in [1.82, 2.24) is 10.3 Å².